The molecular weight excluding hydrogens is 132 g/mol. The molecule has 0 aromatic rings. The number of nitrogens with one attached hydrogen (secondary N) is 1. The molecule has 0 saturated heterocycles. The first-order chi connectivity index (χ1) is 4.61. The Morgan fingerprint density at radius 3 is 2.90 bits per heavy atom. The molecule has 2 unspecified atom stereocenters. The average Bonchev–Trinajstić information content (AvgIpc) is 1.82. The summed E-state index contributed by atoms with van der Waals surface area (Å²) in [6.45, 7) is 0. The minimum absolute atomic E-state index is 0.403. The summed E-state index contributed by atoms with van der Waals surface area (Å²) in [6, 6.07) is 0. The van der Waals surface area contributed by atoms with Crippen LogP contribution in [0.15, 0.2) is 11.9 Å². The maximum atomic E-state index is 9.17. The third kappa shape index (κ3) is 1.21. The van der Waals surface area contributed by atoms with Crippen LogP contribution in [0.2, 0.25) is 0 Å². The number of nitrogens with zero attached hydrogens (tertiary/aromatic N) is 1. The number of nitrogens with two attached hydrogens (primary N) is 2. The molecule has 0 aliphatic carbocycles. The Morgan fingerprint density at radius 1 is 1.80 bits per heavy atom. The number of aliphatic hydroxyl groups excluding tert-OH is 1. The first kappa shape index (κ1) is 7.33. The smallest absolute Gasteiger partial charge is 0.135 e. The third-order valence-electron chi connectivity index (χ3n) is 1.50. The van der Waals surface area contributed by atoms with Crippen molar-refractivity contribution in [2.75, 3.05) is 7.05 Å². The van der Waals surface area contributed by atoms with Crippen LogP contribution in [0.25, 0.3) is 0 Å². The molecule has 1 heterocycles. The lowest BCUT2D eigenvalue weighted by atomic mass is 10.4. The zero-order valence-electron chi connectivity index (χ0n) is 5.78. The van der Waals surface area contributed by atoms with Crippen molar-refractivity contribution < 1.29 is 5.11 Å². The van der Waals surface area contributed by atoms with Crippen molar-refractivity contribution in [1.82, 2.24) is 10.2 Å². The van der Waals surface area contributed by atoms with E-state index in [0.717, 1.165) is 0 Å². The molecule has 0 radical (unpaired) electrons. The largest absolute Gasteiger partial charge is 0.386 e. The summed E-state index contributed by atoms with van der Waals surface area (Å²) in [6.07, 6.45) is 0.403. The molecule has 58 valence electrons. The predicted octanol–water partition coefficient (Wildman–Crippen LogP) is -2.12. The van der Waals surface area contributed by atoms with Crippen LogP contribution < -0.4 is 16.8 Å². The van der Waals surface area contributed by atoms with E-state index in [1.54, 1.807) is 11.9 Å². The fourth-order valence-electron chi connectivity index (χ4n) is 0.763. The van der Waals surface area contributed by atoms with Gasteiger partial charge in [-0.3, -0.25) is 5.73 Å². The Morgan fingerprint density at radius 2 is 2.40 bits per heavy atom. The summed E-state index contributed by atoms with van der Waals surface area (Å²) >= 11 is 0. The van der Waals surface area contributed by atoms with E-state index in [1.807, 2.05) is 0 Å². The summed E-state index contributed by atoms with van der Waals surface area (Å²) in [7, 11) is 1.70. The van der Waals surface area contributed by atoms with E-state index in [4.69, 9.17) is 16.6 Å². The Kier molecular flexibility index (Phi) is 1.80. The Balaban J connectivity index is 2.69. The highest BCUT2D eigenvalue weighted by molar-refractivity contribution is 5.03. The van der Waals surface area contributed by atoms with Gasteiger partial charge in [0.15, 0.2) is 0 Å². The zero-order chi connectivity index (χ0) is 7.72. The van der Waals surface area contributed by atoms with Crippen molar-refractivity contribution in [3.8, 4) is 0 Å². The fourth-order valence-corrected chi connectivity index (χ4v) is 0.763. The predicted molar refractivity (Wildman–Crippen MR) is 37.2 cm³/mol. The maximum Gasteiger partial charge on any atom is 0.135 e. The first-order valence-electron chi connectivity index (χ1n) is 3.00. The molecule has 0 fully saturated rings. The van der Waals surface area contributed by atoms with Gasteiger partial charge in [0.25, 0.3) is 0 Å². The molecular formula is C5H12N4O. The highest BCUT2D eigenvalue weighted by Gasteiger charge is 2.20. The quantitative estimate of drug-likeness (QED) is 0.312. The van der Waals surface area contributed by atoms with E-state index in [9.17, 15) is 0 Å². The van der Waals surface area contributed by atoms with Crippen LogP contribution in [0.4, 0.5) is 0 Å². The summed E-state index contributed by atoms with van der Waals surface area (Å²) < 4.78 is 0. The van der Waals surface area contributed by atoms with Crippen molar-refractivity contribution in [3.63, 3.8) is 0 Å². The van der Waals surface area contributed by atoms with Crippen molar-refractivity contribution in [3.05, 3.63) is 11.9 Å². The van der Waals surface area contributed by atoms with Gasteiger partial charge in [-0.25, -0.2) is 4.90 Å². The van der Waals surface area contributed by atoms with E-state index < -0.39 is 12.5 Å². The van der Waals surface area contributed by atoms with Gasteiger partial charge in [0.2, 0.25) is 0 Å². The van der Waals surface area contributed by atoms with Gasteiger partial charge < -0.3 is 16.2 Å². The third-order valence-corrected chi connectivity index (χ3v) is 1.50. The van der Waals surface area contributed by atoms with Crippen LogP contribution in [0.5, 0.6) is 0 Å². The number of hydrogen-bond acceptors (Lipinski definition) is 5. The molecule has 1 aliphatic rings. The molecule has 6 N–H and O–H groups in total. The summed E-state index contributed by atoms with van der Waals surface area (Å²) in [5, 5.41) is 11.9. The molecule has 0 bridgehead atoms. The molecule has 0 saturated carbocycles. The molecule has 5 heteroatoms. The number of rotatable bonds is 0. The van der Waals surface area contributed by atoms with Gasteiger partial charge in [-0.2, -0.15) is 0 Å². The maximum absolute atomic E-state index is 9.17. The minimum atomic E-state index is -0.684. The summed E-state index contributed by atoms with van der Waals surface area (Å²) in [4.78, 5) is 1.55. The van der Waals surface area contributed by atoms with Crippen molar-refractivity contribution in [1.29, 1.82) is 0 Å². The second-order valence-electron chi connectivity index (χ2n) is 2.29. The molecule has 2 atom stereocenters. The van der Waals surface area contributed by atoms with Gasteiger partial charge in [-0.05, 0) is 13.1 Å². The van der Waals surface area contributed by atoms with Gasteiger partial charge in [0.05, 0.1) is 5.82 Å². The van der Waals surface area contributed by atoms with E-state index in [1.165, 1.54) is 6.08 Å². The van der Waals surface area contributed by atoms with E-state index in [0.29, 0.717) is 5.82 Å². The van der Waals surface area contributed by atoms with Crippen LogP contribution in [-0.2, 0) is 0 Å². The Hall–Kier alpha value is -0.780. The molecule has 10 heavy (non-hydrogen) atoms. The number of aliphatic hydroxyl groups is 1. The van der Waals surface area contributed by atoms with Crippen LogP contribution in [0.3, 0.4) is 0 Å². The minimum Gasteiger partial charge on any atom is -0.386 e. The van der Waals surface area contributed by atoms with E-state index in [2.05, 4.69) is 5.32 Å². The Bertz CT molecular complexity index is 158. The Labute approximate surface area is 59.3 Å². The van der Waals surface area contributed by atoms with Crippen LogP contribution >= 0.6 is 0 Å². The average molecular weight is 144 g/mol. The van der Waals surface area contributed by atoms with Gasteiger partial charge in [0, 0.05) is 0 Å². The van der Waals surface area contributed by atoms with Gasteiger partial charge >= 0.3 is 0 Å². The summed E-state index contributed by atoms with van der Waals surface area (Å²) in [5.41, 5.74) is 10.9. The molecule has 1 aliphatic heterocycles. The van der Waals surface area contributed by atoms with Gasteiger partial charge in [0.1, 0.15) is 12.5 Å². The second-order valence-corrected chi connectivity index (χ2v) is 2.29. The van der Waals surface area contributed by atoms with Gasteiger partial charge in [-0.1, -0.05) is 0 Å². The molecule has 5 nitrogen and oxygen atoms in total. The fraction of sp³-hybridized carbons (Fsp3) is 0.600. The van der Waals surface area contributed by atoms with Crippen LogP contribution in [-0.4, -0.2) is 29.6 Å². The number of hydrogen-bond donors (Lipinski definition) is 4. The molecule has 0 aromatic carbocycles. The first-order valence-corrected chi connectivity index (χ1v) is 3.00. The highest BCUT2D eigenvalue weighted by Crippen LogP contribution is 2.02. The molecule has 0 spiro atoms. The van der Waals surface area contributed by atoms with Crippen molar-refractivity contribution in [2.24, 2.45) is 11.5 Å². The lowest BCUT2D eigenvalue weighted by molar-refractivity contribution is 0.0132. The van der Waals surface area contributed by atoms with E-state index in [-0.39, 0.29) is 0 Å². The highest BCUT2D eigenvalue weighted by atomic mass is 16.3. The van der Waals surface area contributed by atoms with Crippen LogP contribution in [0, 0.1) is 0 Å². The lowest BCUT2D eigenvalue weighted by Crippen LogP contribution is -2.57. The summed E-state index contributed by atoms with van der Waals surface area (Å²) in [5.74, 6) is 0.415. The number of likely N-dealkylation sites (N-methyl/N-ethyl adjacent to an activating group) is 1. The van der Waals surface area contributed by atoms with Crippen molar-refractivity contribution in [2.45, 2.75) is 12.5 Å². The molecule has 0 amide bonds. The molecule has 1 rings (SSSR count). The SMILES string of the molecule is CN1C(O)C=C(N)NC1N. The normalized spacial score (nSPS) is 34.9. The monoisotopic (exact) mass is 144 g/mol. The standard InChI is InChI=1S/C5H12N4O/c1-9-4(10)2-3(6)8-5(9)7/h2,4-5,8,10H,6-7H2,1H3. The van der Waals surface area contributed by atoms with Crippen LogP contribution in [0.1, 0.15) is 0 Å². The second kappa shape index (κ2) is 2.45. The van der Waals surface area contributed by atoms with Gasteiger partial charge in [-0.15, -0.1) is 0 Å². The van der Waals surface area contributed by atoms with E-state index >= 15 is 0 Å². The zero-order valence-corrected chi connectivity index (χ0v) is 5.78. The topological polar surface area (TPSA) is 87.5 Å². The molecule has 0 aromatic heterocycles. The van der Waals surface area contributed by atoms with Crippen molar-refractivity contribution >= 4 is 0 Å². The lowest BCUT2D eigenvalue weighted by Gasteiger charge is -2.33.